The van der Waals surface area contributed by atoms with Gasteiger partial charge in [0, 0.05) is 43.7 Å². The van der Waals surface area contributed by atoms with Crippen LogP contribution in [0.5, 0.6) is 0 Å². The predicted octanol–water partition coefficient (Wildman–Crippen LogP) is 2.15. The molecule has 0 aliphatic carbocycles. The monoisotopic (exact) mass is 379 g/mol. The van der Waals surface area contributed by atoms with Crippen LogP contribution in [0.1, 0.15) is 29.0 Å². The summed E-state index contributed by atoms with van der Waals surface area (Å²) in [5.41, 5.74) is 2.07. The largest absolute Gasteiger partial charge is 0.361 e. The molecule has 0 radical (unpaired) electrons. The van der Waals surface area contributed by atoms with E-state index in [9.17, 15) is 9.59 Å². The van der Waals surface area contributed by atoms with Gasteiger partial charge in [-0.25, -0.2) is 4.68 Å². The molecule has 8 nitrogen and oxygen atoms in total. The first-order valence-corrected chi connectivity index (χ1v) is 9.31. The van der Waals surface area contributed by atoms with Gasteiger partial charge < -0.3 is 9.42 Å². The maximum absolute atomic E-state index is 12.6. The number of hydrogen-bond acceptors (Lipinski definition) is 6. The van der Waals surface area contributed by atoms with Gasteiger partial charge in [0.2, 0.25) is 0 Å². The summed E-state index contributed by atoms with van der Waals surface area (Å²) in [5.74, 6) is 0.786. The summed E-state index contributed by atoms with van der Waals surface area (Å²) in [5, 5.41) is 8.20. The second-order valence-electron chi connectivity index (χ2n) is 7.01. The van der Waals surface area contributed by atoms with E-state index in [4.69, 9.17) is 4.52 Å². The maximum Gasteiger partial charge on any atom is 0.266 e. The zero-order chi connectivity index (χ0) is 19.5. The highest BCUT2D eigenvalue weighted by Gasteiger charge is 2.26. The molecule has 1 saturated heterocycles. The van der Waals surface area contributed by atoms with Crippen molar-refractivity contribution in [3.8, 4) is 11.3 Å². The van der Waals surface area contributed by atoms with Gasteiger partial charge in [-0.05, 0) is 43.9 Å². The predicted molar refractivity (Wildman–Crippen MR) is 102 cm³/mol. The average molecular weight is 379 g/mol. The SMILES string of the molecule is Cc1oncc1C(=O)N1CCC(Cn2nc(-c3ccncc3)ccc2=O)CC1. The number of pyridine rings is 1. The molecule has 1 amide bonds. The first-order chi connectivity index (χ1) is 13.6. The van der Waals surface area contributed by atoms with Crippen molar-refractivity contribution in [3.63, 3.8) is 0 Å². The van der Waals surface area contributed by atoms with Crippen LogP contribution in [-0.2, 0) is 6.54 Å². The van der Waals surface area contributed by atoms with Gasteiger partial charge in [-0.3, -0.25) is 14.6 Å². The fourth-order valence-corrected chi connectivity index (χ4v) is 3.49. The molecule has 144 valence electrons. The molecule has 1 aliphatic rings. The van der Waals surface area contributed by atoms with E-state index in [1.54, 1.807) is 31.5 Å². The summed E-state index contributed by atoms with van der Waals surface area (Å²) in [7, 11) is 0. The number of aryl methyl sites for hydroxylation is 1. The molecule has 0 N–H and O–H groups in total. The maximum atomic E-state index is 12.6. The van der Waals surface area contributed by atoms with Crippen LogP contribution in [0.2, 0.25) is 0 Å². The molecule has 3 aromatic heterocycles. The van der Waals surface area contributed by atoms with Crippen molar-refractivity contribution >= 4 is 5.91 Å². The number of rotatable bonds is 4. The van der Waals surface area contributed by atoms with Crippen molar-refractivity contribution in [2.45, 2.75) is 26.3 Å². The number of hydrogen-bond donors (Lipinski definition) is 0. The Labute approximate surface area is 161 Å². The first kappa shape index (κ1) is 18.1. The Kier molecular flexibility index (Phi) is 5.01. The lowest BCUT2D eigenvalue weighted by atomic mass is 9.96. The molecule has 4 rings (SSSR count). The van der Waals surface area contributed by atoms with E-state index in [1.165, 1.54) is 10.9 Å². The fourth-order valence-electron chi connectivity index (χ4n) is 3.49. The second-order valence-corrected chi connectivity index (χ2v) is 7.01. The van der Waals surface area contributed by atoms with Crippen LogP contribution in [0.15, 0.2) is 52.2 Å². The van der Waals surface area contributed by atoms with E-state index in [-0.39, 0.29) is 11.5 Å². The third-order valence-corrected chi connectivity index (χ3v) is 5.16. The molecule has 0 atom stereocenters. The summed E-state index contributed by atoms with van der Waals surface area (Å²) in [6.45, 7) is 3.58. The highest BCUT2D eigenvalue weighted by atomic mass is 16.5. The Morgan fingerprint density at radius 3 is 2.61 bits per heavy atom. The lowest BCUT2D eigenvalue weighted by molar-refractivity contribution is 0.0678. The molecule has 0 spiro atoms. The minimum absolute atomic E-state index is 0.0489. The summed E-state index contributed by atoms with van der Waals surface area (Å²) < 4.78 is 6.52. The Bertz CT molecular complexity index is 1020. The number of amides is 1. The highest BCUT2D eigenvalue weighted by molar-refractivity contribution is 5.94. The van der Waals surface area contributed by atoms with Crippen LogP contribution in [0, 0.1) is 12.8 Å². The minimum Gasteiger partial charge on any atom is -0.361 e. The van der Waals surface area contributed by atoms with E-state index >= 15 is 0 Å². The summed E-state index contributed by atoms with van der Waals surface area (Å²) in [6.07, 6.45) is 6.53. The van der Waals surface area contributed by atoms with Crippen molar-refractivity contribution in [3.05, 3.63) is 64.5 Å². The number of carbonyl (C=O) groups excluding carboxylic acids is 1. The Morgan fingerprint density at radius 2 is 1.93 bits per heavy atom. The van der Waals surface area contributed by atoms with Gasteiger partial charge in [0.05, 0.1) is 11.9 Å². The zero-order valence-corrected chi connectivity index (χ0v) is 15.6. The molecule has 0 aromatic carbocycles. The Morgan fingerprint density at radius 1 is 1.18 bits per heavy atom. The van der Waals surface area contributed by atoms with Crippen molar-refractivity contribution in [2.24, 2.45) is 5.92 Å². The molecule has 1 fully saturated rings. The van der Waals surface area contributed by atoms with Gasteiger partial charge in [0.1, 0.15) is 11.3 Å². The fraction of sp³-hybridized carbons (Fsp3) is 0.350. The number of carbonyl (C=O) groups is 1. The lowest BCUT2D eigenvalue weighted by Crippen LogP contribution is -2.40. The van der Waals surface area contributed by atoms with Gasteiger partial charge >= 0.3 is 0 Å². The lowest BCUT2D eigenvalue weighted by Gasteiger charge is -2.31. The molecule has 1 aliphatic heterocycles. The summed E-state index contributed by atoms with van der Waals surface area (Å²) in [4.78, 5) is 30.6. The molecule has 3 aromatic rings. The summed E-state index contributed by atoms with van der Waals surface area (Å²) >= 11 is 0. The summed E-state index contributed by atoms with van der Waals surface area (Å²) in [6, 6.07) is 7.02. The number of aromatic nitrogens is 4. The van der Waals surface area contributed by atoms with E-state index in [2.05, 4.69) is 15.2 Å². The molecule has 0 saturated carbocycles. The molecular weight excluding hydrogens is 358 g/mol. The van der Waals surface area contributed by atoms with Crippen LogP contribution < -0.4 is 5.56 Å². The van der Waals surface area contributed by atoms with Crippen molar-refractivity contribution < 1.29 is 9.32 Å². The standard InChI is InChI=1S/C20H21N5O3/c1-14-17(12-22-28-14)20(27)24-10-6-15(7-11-24)13-25-19(26)3-2-18(23-25)16-4-8-21-9-5-16/h2-5,8-9,12,15H,6-7,10-11,13H2,1H3. The van der Waals surface area contributed by atoms with Crippen LogP contribution in [0.3, 0.4) is 0 Å². The molecule has 4 heterocycles. The third kappa shape index (κ3) is 3.71. The topological polar surface area (TPSA) is 94.1 Å². The molecule has 28 heavy (non-hydrogen) atoms. The number of likely N-dealkylation sites (tertiary alicyclic amines) is 1. The van der Waals surface area contributed by atoms with Gasteiger partial charge in [-0.2, -0.15) is 5.10 Å². The number of nitrogens with zero attached hydrogens (tertiary/aromatic N) is 5. The van der Waals surface area contributed by atoms with Crippen molar-refractivity contribution in [1.29, 1.82) is 0 Å². The minimum atomic E-state index is -0.114. The first-order valence-electron chi connectivity index (χ1n) is 9.31. The van der Waals surface area contributed by atoms with E-state index < -0.39 is 0 Å². The van der Waals surface area contributed by atoms with Crippen LogP contribution >= 0.6 is 0 Å². The quantitative estimate of drug-likeness (QED) is 0.689. The van der Waals surface area contributed by atoms with Gasteiger partial charge in [-0.1, -0.05) is 5.16 Å². The van der Waals surface area contributed by atoms with Gasteiger partial charge in [0.25, 0.3) is 11.5 Å². The molecule has 8 heteroatoms. The van der Waals surface area contributed by atoms with Gasteiger partial charge in [-0.15, -0.1) is 0 Å². The zero-order valence-electron chi connectivity index (χ0n) is 15.6. The Balaban J connectivity index is 1.42. The van der Waals surface area contributed by atoms with Crippen LogP contribution in [0.4, 0.5) is 0 Å². The highest BCUT2D eigenvalue weighted by Crippen LogP contribution is 2.21. The molecule has 0 unspecified atom stereocenters. The number of piperidine rings is 1. The van der Waals surface area contributed by atoms with Gasteiger partial charge in [0.15, 0.2) is 0 Å². The van der Waals surface area contributed by atoms with Crippen molar-refractivity contribution in [1.82, 2.24) is 24.8 Å². The average Bonchev–Trinajstić information content (AvgIpc) is 3.16. The van der Waals surface area contributed by atoms with E-state index in [0.717, 1.165) is 24.1 Å². The molecule has 0 bridgehead atoms. The smallest absolute Gasteiger partial charge is 0.266 e. The van der Waals surface area contributed by atoms with Crippen LogP contribution in [-0.4, -0.2) is 43.8 Å². The van der Waals surface area contributed by atoms with E-state index in [0.29, 0.717) is 36.9 Å². The van der Waals surface area contributed by atoms with Crippen molar-refractivity contribution in [2.75, 3.05) is 13.1 Å². The van der Waals surface area contributed by atoms with Crippen LogP contribution in [0.25, 0.3) is 11.3 Å². The molecular formula is C20H21N5O3. The Hall–Kier alpha value is -3.29. The second kappa shape index (κ2) is 7.75. The normalized spacial score (nSPS) is 15.0. The van der Waals surface area contributed by atoms with E-state index in [1.807, 2.05) is 17.0 Å². The third-order valence-electron chi connectivity index (χ3n) is 5.16.